The molecule has 2 heterocycles. The van der Waals surface area contributed by atoms with Crippen LogP contribution in [0.1, 0.15) is 45.6 Å². The van der Waals surface area contributed by atoms with Crippen molar-refractivity contribution in [1.29, 1.82) is 0 Å². The van der Waals surface area contributed by atoms with Gasteiger partial charge in [-0.15, -0.1) is 0 Å². The summed E-state index contributed by atoms with van der Waals surface area (Å²) in [6.07, 6.45) is 0. The average Bonchev–Trinajstić information content (AvgIpc) is 3.20. The Bertz CT molecular complexity index is 1410. The van der Waals surface area contributed by atoms with E-state index in [0.717, 1.165) is 12.6 Å². The second-order valence-electron chi connectivity index (χ2n) is 8.89. The maximum absolute atomic E-state index is 13.9. The highest BCUT2D eigenvalue weighted by Gasteiger charge is 2.42. The number of alkyl halides is 2. The van der Waals surface area contributed by atoms with Gasteiger partial charge in [-0.25, -0.2) is 13.5 Å². The molecule has 6 nitrogen and oxygen atoms in total. The third-order valence-corrected chi connectivity index (χ3v) is 6.38. The van der Waals surface area contributed by atoms with Gasteiger partial charge in [0.05, 0.1) is 11.4 Å². The van der Waals surface area contributed by atoms with E-state index in [-0.39, 0.29) is 5.56 Å². The van der Waals surface area contributed by atoms with Crippen LogP contribution in [0.15, 0.2) is 84.9 Å². The lowest BCUT2D eigenvalue weighted by molar-refractivity contribution is -0.118. The van der Waals surface area contributed by atoms with Crippen molar-refractivity contribution in [2.24, 2.45) is 0 Å². The van der Waals surface area contributed by atoms with E-state index in [1.54, 1.807) is 47.1 Å². The van der Waals surface area contributed by atoms with Gasteiger partial charge in [0.25, 0.3) is 11.8 Å². The van der Waals surface area contributed by atoms with Gasteiger partial charge in [-0.05, 0) is 36.8 Å². The SMILES string of the molecule is Cc1nn(-c2ccccc2)c2c1[C@@H](c1ccc(C(C)(F)F)cc1)[C@@H](NC(=O)c1ccccc1)C(=O)N2. The van der Waals surface area contributed by atoms with E-state index in [1.807, 2.05) is 37.3 Å². The van der Waals surface area contributed by atoms with Crippen LogP contribution in [0.5, 0.6) is 0 Å². The Kier molecular flexibility index (Phi) is 5.88. The predicted octanol–water partition coefficient (Wildman–Crippen LogP) is 5.18. The lowest BCUT2D eigenvalue weighted by atomic mass is 9.81. The van der Waals surface area contributed by atoms with Gasteiger partial charge in [0.1, 0.15) is 11.9 Å². The third kappa shape index (κ3) is 4.26. The van der Waals surface area contributed by atoms with E-state index < -0.39 is 29.7 Å². The molecule has 0 fully saturated rings. The number of anilines is 1. The van der Waals surface area contributed by atoms with Crippen LogP contribution in [-0.4, -0.2) is 27.6 Å². The molecule has 1 aromatic heterocycles. The molecule has 5 rings (SSSR count). The molecule has 0 radical (unpaired) electrons. The number of hydrogen-bond acceptors (Lipinski definition) is 3. The number of halogens is 2. The highest BCUT2D eigenvalue weighted by atomic mass is 19.3. The number of carbonyl (C=O) groups excluding carboxylic acids is 2. The number of nitrogens with zero attached hydrogens (tertiary/aromatic N) is 2. The zero-order chi connectivity index (χ0) is 25.4. The molecule has 0 saturated heterocycles. The summed E-state index contributed by atoms with van der Waals surface area (Å²) in [5.41, 5.74) is 3.03. The summed E-state index contributed by atoms with van der Waals surface area (Å²) in [4.78, 5) is 26.5. The van der Waals surface area contributed by atoms with Crippen LogP contribution in [0.2, 0.25) is 0 Å². The van der Waals surface area contributed by atoms with Crippen LogP contribution in [0, 0.1) is 6.92 Å². The fraction of sp³-hybridized carbons (Fsp3) is 0.179. The second-order valence-corrected chi connectivity index (χ2v) is 8.89. The molecule has 0 saturated carbocycles. The summed E-state index contributed by atoms with van der Waals surface area (Å²) in [6.45, 7) is 2.67. The second kappa shape index (κ2) is 9.03. The van der Waals surface area contributed by atoms with Crippen molar-refractivity contribution < 1.29 is 18.4 Å². The number of carbonyl (C=O) groups is 2. The van der Waals surface area contributed by atoms with Crippen molar-refractivity contribution >= 4 is 17.6 Å². The largest absolute Gasteiger partial charge is 0.339 e. The highest BCUT2D eigenvalue weighted by molar-refractivity contribution is 6.04. The van der Waals surface area contributed by atoms with Crippen molar-refractivity contribution in [3.05, 3.63) is 113 Å². The normalized spacial score (nSPS) is 17.3. The molecule has 2 atom stereocenters. The first-order valence-corrected chi connectivity index (χ1v) is 11.5. The number of aromatic nitrogens is 2. The molecule has 0 unspecified atom stereocenters. The van der Waals surface area contributed by atoms with Crippen molar-refractivity contribution in [3.8, 4) is 5.69 Å². The van der Waals surface area contributed by atoms with Crippen LogP contribution in [0.3, 0.4) is 0 Å². The molecule has 182 valence electrons. The van der Waals surface area contributed by atoms with E-state index in [0.29, 0.717) is 28.2 Å². The van der Waals surface area contributed by atoms with Crippen LogP contribution >= 0.6 is 0 Å². The Morgan fingerprint density at radius 2 is 1.58 bits per heavy atom. The van der Waals surface area contributed by atoms with Crippen molar-refractivity contribution in [3.63, 3.8) is 0 Å². The van der Waals surface area contributed by atoms with Crippen LogP contribution in [0.25, 0.3) is 5.69 Å². The molecule has 36 heavy (non-hydrogen) atoms. The minimum Gasteiger partial charge on any atom is -0.339 e. The van der Waals surface area contributed by atoms with Gasteiger partial charge in [-0.3, -0.25) is 9.59 Å². The van der Waals surface area contributed by atoms with Crippen molar-refractivity contribution in [2.45, 2.75) is 31.7 Å². The summed E-state index contributed by atoms with van der Waals surface area (Å²) in [7, 11) is 0. The highest BCUT2D eigenvalue weighted by Crippen LogP contribution is 2.41. The minimum atomic E-state index is -3.00. The van der Waals surface area contributed by atoms with Crippen molar-refractivity contribution in [2.75, 3.05) is 5.32 Å². The van der Waals surface area contributed by atoms with Crippen LogP contribution < -0.4 is 10.6 Å². The molecule has 0 bridgehead atoms. The summed E-state index contributed by atoms with van der Waals surface area (Å²) in [5.74, 6) is -3.97. The van der Waals surface area contributed by atoms with E-state index in [1.165, 1.54) is 12.1 Å². The summed E-state index contributed by atoms with van der Waals surface area (Å²) < 4.78 is 29.4. The summed E-state index contributed by atoms with van der Waals surface area (Å²) >= 11 is 0. The average molecular weight is 487 g/mol. The van der Waals surface area contributed by atoms with Gasteiger partial charge in [0, 0.05) is 29.5 Å². The zero-order valence-corrected chi connectivity index (χ0v) is 19.7. The fourth-order valence-electron chi connectivity index (χ4n) is 4.61. The zero-order valence-electron chi connectivity index (χ0n) is 19.7. The molecule has 1 aliphatic heterocycles. The van der Waals surface area contributed by atoms with Crippen molar-refractivity contribution in [1.82, 2.24) is 15.1 Å². The molecule has 1 aliphatic rings. The molecule has 2 amide bonds. The van der Waals surface area contributed by atoms with E-state index in [4.69, 9.17) is 0 Å². The minimum absolute atomic E-state index is 0.131. The third-order valence-electron chi connectivity index (χ3n) is 6.38. The molecule has 0 spiro atoms. The topological polar surface area (TPSA) is 76.0 Å². The lowest BCUT2D eigenvalue weighted by Crippen LogP contribution is -2.50. The van der Waals surface area contributed by atoms with E-state index >= 15 is 0 Å². The standard InChI is InChI=1S/C28H24F2N4O2/c1-17-22-23(18-13-15-20(16-14-18)28(2,29)30)24(31-26(35)19-9-5-3-6-10-19)27(36)32-25(22)34(33-17)21-11-7-4-8-12-21/h3-16,23-24H,1-2H3,(H,31,35)(H,32,36)/t23-,24-/m1/s1. The Labute approximate surface area is 207 Å². The monoisotopic (exact) mass is 486 g/mol. The predicted molar refractivity (Wildman–Crippen MR) is 132 cm³/mol. The molecule has 3 aromatic carbocycles. The van der Waals surface area contributed by atoms with Crippen LogP contribution in [0.4, 0.5) is 14.6 Å². The number of rotatable bonds is 5. The van der Waals surface area contributed by atoms with Gasteiger partial charge in [0.15, 0.2) is 0 Å². The first kappa shape index (κ1) is 23.4. The molecular weight excluding hydrogens is 462 g/mol. The molecule has 2 N–H and O–H groups in total. The lowest BCUT2D eigenvalue weighted by Gasteiger charge is -2.33. The summed E-state index contributed by atoms with van der Waals surface area (Å²) in [5, 5.41) is 10.4. The summed E-state index contributed by atoms with van der Waals surface area (Å²) in [6, 6.07) is 22.9. The number of para-hydroxylation sites is 1. The van der Waals surface area contributed by atoms with E-state index in [9.17, 15) is 18.4 Å². The molecule has 8 heteroatoms. The number of amides is 2. The molecular formula is C28H24F2N4O2. The Morgan fingerprint density at radius 3 is 2.19 bits per heavy atom. The Morgan fingerprint density at radius 1 is 0.972 bits per heavy atom. The molecule has 0 aliphatic carbocycles. The number of fused-ring (bicyclic) bond motifs is 1. The van der Waals surface area contributed by atoms with E-state index in [2.05, 4.69) is 15.7 Å². The van der Waals surface area contributed by atoms with Crippen LogP contribution in [-0.2, 0) is 10.7 Å². The Hall–Kier alpha value is -4.33. The quantitative estimate of drug-likeness (QED) is 0.408. The first-order chi connectivity index (χ1) is 17.2. The number of aryl methyl sites for hydroxylation is 1. The van der Waals surface area contributed by atoms with Gasteiger partial charge in [0.2, 0.25) is 5.91 Å². The molecule has 4 aromatic rings. The smallest absolute Gasteiger partial charge is 0.270 e. The fourth-order valence-corrected chi connectivity index (χ4v) is 4.61. The van der Waals surface area contributed by atoms with Gasteiger partial charge in [-0.1, -0.05) is 60.7 Å². The maximum Gasteiger partial charge on any atom is 0.270 e. The van der Waals surface area contributed by atoms with Gasteiger partial charge in [-0.2, -0.15) is 5.10 Å². The number of benzene rings is 3. The maximum atomic E-state index is 13.9. The Balaban J connectivity index is 1.63. The number of hydrogen-bond donors (Lipinski definition) is 2. The van der Waals surface area contributed by atoms with Gasteiger partial charge < -0.3 is 10.6 Å². The van der Waals surface area contributed by atoms with Gasteiger partial charge >= 0.3 is 0 Å². The number of nitrogens with one attached hydrogen (secondary N) is 2. The first-order valence-electron chi connectivity index (χ1n) is 11.5.